The lowest BCUT2D eigenvalue weighted by Gasteiger charge is -2.13. The molecule has 17 nitrogen and oxygen atoms in total. The zero-order valence-corrected chi connectivity index (χ0v) is 31.5. The Labute approximate surface area is 325 Å². The number of nitrogen functional groups attached to an aromatic ring is 1. The number of nitrogens with one attached hydrogen (secondary N) is 2. The van der Waals surface area contributed by atoms with Gasteiger partial charge in [-0.05, 0) is 55.8 Å². The number of rotatable bonds is 15. The van der Waals surface area contributed by atoms with Crippen molar-refractivity contribution in [1.29, 1.82) is 10.5 Å². The zero-order chi connectivity index (χ0) is 40.5. The summed E-state index contributed by atoms with van der Waals surface area (Å²) in [4.78, 5) is 53.6. The molecule has 2 aromatic heterocycles. The SMILES string of the molecule is COc1ccc(-c2c(C#N)c(N)nc(SCc3coc(-c4ccc(Cl)cc4)n3)c2C#N)cc1.C[C@H](N)C(=O)NCC(=O)OCCOC(=O)[C@H](C)NC(=O)CN. The van der Waals surface area contributed by atoms with Gasteiger partial charge in [0.1, 0.15) is 66.4 Å². The van der Waals surface area contributed by atoms with Crippen LogP contribution < -0.4 is 32.6 Å². The third-order valence-corrected chi connectivity index (χ3v) is 8.38. The van der Waals surface area contributed by atoms with E-state index >= 15 is 0 Å². The molecule has 2 atom stereocenters. The lowest BCUT2D eigenvalue weighted by atomic mass is 9.97. The van der Waals surface area contributed by atoms with Crippen LogP contribution in [0.25, 0.3) is 22.6 Å². The molecule has 288 valence electrons. The second-order valence-corrected chi connectivity index (χ2v) is 12.6. The second-order valence-electron chi connectivity index (χ2n) is 11.2. The number of benzene rings is 2. The highest BCUT2D eigenvalue weighted by Gasteiger charge is 2.21. The maximum Gasteiger partial charge on any atom is 0.328 e. The molecule has 4 rings (SSSR count). The van der Waals surface area contributed by atoms with Crippen molar-refractivity contribution in [2.75, 3.05) is 39.1 Å². The first-order chi connectivity index (χ1) is 26.3. The van der Waals surface area contributed by atoms with Crippen LogP contribution in [0.2, 0.25) is 5.02 Å². The number of pyridine rings is 1. The summed E-state index contributed by atoms with van der Waals surface area (Å²) in [7, 11) is 1.57. The Balaban J connectivity index is 0.000000324. The molecule has 55 heavy (non-hydrogen) atoms. The average Bonchev–Trinajstić information content (AvgIpc) is 3.66. The third-order valence-electron chi connectivity index (χ3n) is 7.12. The van der Waals surface area contributed by atoms with Crippen LogP contribution in [-0.4, -0.2) is 79.2 Å². The largest absolute Gasteiger partial charge is 0.497 e. The molecule has 2 amide bonds. The fraction of sp³-hybridized carbons (Fsp3) is 0.278. The Morgan fingerprint density at radius 3 is 2.20 bits per heavy atom. The minimum Gasteiger partial charge on any atom is -0.497 e. The number of anilines is 1. The Hall–Kier alpha value is -6.18. The topological polar surface area (TPSA) is 285 Å². The number of hydrogen-bond acceptors (Lipinski definition) is 16. The summed E-state index contributed by atoms with van der Waals surface area (Å²) in [5, 5.41) is 25.2. The summed E-state index contributed by atoms with van der Waals surface area (Å²) in [6, 6.07) is 16.9. The second kappa shape index (κ2) is 21.5. The van der Waals surface area contributed by atoms with Crippen molar-refractivity contribution in [1.82, 2.24) is 20.6 Å². The lowest BCUT2D eigenvalue weighted by Crippen LogP contribution is -2.42. The Bertz CT molecular complexity index is 2050. The van der Waals surface area contributed by atoms with Gasteiger partial charge < -0.3 is 46.5 Å². The minimum atomic E-state index is -0.850. The van der Waals surface area contributed by atoms with Crippen molar-refractivity contribution in [3.8, 4) is 40.5 Å². The fourth-order valence-corrected chi connectivity index (χ4v) is 5.34. The number of amides is 2. The number of thioether (sulfide) groups is 1. The Morgan fingerprint density at radius 1 is 0.964 bits per heavy atom. The van der Waals surface area contributed by atoms with Gasteiger partial charge in [-0.1, -0.05) is 35.5 Å². The molecule has 0 bridgehead atoms. The number of halogens is 1. The molecule has 0 saturated heterocycles. The van der Waals surface area contributed by atoms with Gasteiger partial charge in [0.25, 0.3) is 0 Å². The van der Waals surface area contributed by atoms with Gasteiger partial charge in [-0.25, -0.2) is 14.8 Å². The zero-order valence-electron chi connectivity index (χ0n) is 30.0. The number of ether oxygens (including phenoxy) is 3. The van der Waals surface area contributed by atoms with Gasteiger partial charge in [-0.15, -0.1) is 0 Å². The number of hydrogen-bond donors (Lipinski definition) is 5. The normalized spacial score (nSPS) is 11.3. The Morgan fingerprint density at radius 2 is 1.60 bits per heavy atom. The molecule has 0 aliphatic rings. The average molecular weight is 792 g/mol. The molecule has 0 saturated carbocycles. The number of oxazole rings is 1. The molecule has 0 aliphatic heterocycles. The van der Waals surface area contributed by atoms with Crippen molar-refractivity contribution in [2.24, 2.45) is 11.5 Å². The van der Waals surface area contributed by atoms with Crippen molar-refractivity contribution in [3.63, 3.8) is 0 Å². The van der Waals surface area contributed by atoms with E-state index in [0.29, 0.717) is 44.3 Å². The number of carbonyl (C=O) groups excluding carboxylic acids is 4. The summed E-state index contributed by atoms with van der Waals surface area (Å²) in [5.74, 6) is -0.742. The van der Waals surface area contributed by atoms with Crippen molar-refractivity contribution >= 4 is 52.9 Å². The van der Waals surface area contributed by atoms with E-state index in [4.69, 9.17) is 47.4 Å². The van der Waals surface area contributed by atoms with Gasteiger partial charge in [-0.2, -0.15) is 10.5 Å². The molecule has 0 unspecified atom stereocenters. The van der Waals surface area contributed by atoms with Crippen molar-refractivity contribution < 1.29 is 37.8 Å². The molecule has 4 aromatic rings. The van der Waals surface area contributed by atoms with Gasteiger partial charge in [0.05, 0.1) is 31.0 Å². The molecule has 2 aromatic carbocycles. The van der Waals surface area contributed by atoms with Crippen LogP contribution in [0.5, 0.6) is 5.75 Å². The van der Waals surface area contributed by atoms with Gasteiger partial charge in [0, 0.05) is 21.9 Å². The molecule has 19 heteroatoms. The third kappa shape index (κ3) is 13.0. The van der Waals surface area contributed by atoms with Gasteiger partial charge >= 0.3 is 11.9 Å². The lowest BCUT2D eigenvalue weighted by molar-refractivity contribution is -0.153. The Kier molecular flexibility index (Phi) is 16.9. The highest BCUT2D eigenvalue weighted by Crippen LogP contribution is 2.37. The molecule has 0 radical (unpaired) electrons. The fourth-order valence-electron chi connectivity index (χ4n) is 4.34. The maximum absolute atomic E-state index is 11.4. The summed E-state index contributed by atoms with van der Waals surface area (Å²) < 4.78 is 20.3. The predicted molar refractivity (Wildman–Crippen MR) is 202 cm³/mol. The van der Waals surface area contributed by atoms with Gasteiger partial charge in [-0.3, -0.25) is 14.4 Å². The van der Waals surface area contributed by atoms with E-state index < -0.39 is 35.8 Å². The number of nitriles is 2. The van der Waals surface area contributed by atoms with Crippen LogP contribution in [0, 0.1) is 22.7 Å². The molecule has 0 fully saturated rings. The summed E-state index contributed by atoms with van der Waals surface area (Å²) in [6.07, 6.45) is 1.56. The van der Waals surface area contributed by atoms with E-state index in [0.717, 1.165) is 5.56 Å². The minimum absolute atomic E-state index is 0.0619. The molecular formula is C36H38ClN9O8S. The van der Waals surface area contributed by atoms with Crippen LogP contribution in [0.15, 0.2) is 64.2 Å². The summed E-state index contributed by atoms with van der Waals surface area (Å²) in [6.45, 7) is 2.01. The number of nitrogens with two attached hydrogens (primary N) is 3. The first-order valence-corrected chi connectivity index (χ1v) is 17.6. The van der Waals surface area contributed by atoms with Gasteiger partial charge in [0.15, 0.2) is 0 Å². The monoisotopic (exact) mass is 791 g/mol. The first-order valence-electron chi connectivity index (χ1n) is 16.3. The molecule has 0 aliphatic carbocycles. The molecular weight excluding hydrogens is 754 g/mol. The van der Waals surface area contributed by atoms with Crippen LogP contribution in [0.3, 0.4) is 0 Å². The van der Waals surface area contributed by atoms with E-state index in [1.165, 1.54) is 25.6 Å². The smallest absolute Gasteiger partial charge is 0.328 e. The van der Waals surface area contributed by atoms with E-state index in [-0.39, 0.29) is 43.2 Å². The van der Waals surface area contributed by atoms with E-state index in [1.54, 1.807) is 49.8 Å². The number of esters is 2. The molecule has 2 heterocycles. The quantitative estimate of drug-likeness (QED) is 0.0657. The first kappa shape index (κ1) is 43.2. The summed E-state index contributed by atoms with van der Waals surface area (Å²) in [5.41, 5.74) is 19.5. The van der Waals surface area contributed by atoms with Crippen molar-refractivity contribution in [2.45, 2.75) is 36.7 Å². The molecule has 8 N–H and O–H groups in total. The predicted octanol–water partition coefficient (Wildman–Crippen LogP) is 2.68. The number of methoxy groups -OCH3 is 1. The highest BCUT2D eigenvalue weighted by atomic mass is 35.5. The standard InChI is InChI=1S/C24H16ClN5O2S.C12H22N4O6/c1-31-18-8-4-14(5-9-18)21-19(10-26)22(28)30-24(20(21)11-27)33-13-17-12-32-23(29-17)15-2-6-16(25)7-3-15;1-7(14)11(19)15-6-10(18)21-3-4-22-12(20)8(2)16-9(17)5-13/h2-9,12H,13H2,1H3,(H2,28,30);7-8H,3-6,13-14H2,1-2H3,(H,15,19)(H,16,17)/t;7-,8-/m.0/s1. The van der Waals surface area contributed by atoms with Crippen LogP contribution >= 0.6 is 23.4 Å². The number of nitrogens with zero attached hydrogens (tertiary/aromatic N) is 4. The van der Waals surface area contributed by atoms with Crippen LogP contribution in [0.4, 0.5) is 5.82 Å². The van der Waals surface area contributed by atoms with Gasteiger partial charge in [0.2, 0.25) is 17.7 Å². The maximum atomic E-state index is 11.4. The highest BCUT2D eigenvalue weighted by molar-refractivity contribution is 7.98. The summed E-state index contributed by atoms with van der Waals surface area (Å²) >= 11 is 7.23. The van der Waals surface area contributed by atoms with E-state index in [2.05, 4.69) is 32.7 Å². The van der Waals surface area contributed by atoms with Crippen LogP contribution in [-0.2, 0) is 34.4 Å². The number of carbonyl (C=O) groups is 4. The van der Waals surface area contributed by atoms with E-state index in [1.807, 2.05) is 12.1 Å². The van der Waals surface area contributed by atoms with Crippen molar-refractivity contribution in [3.05, 3.63) is 76.6 Å². The number of aromatic nitrogens is 2. The van der Waals surface area contributed by atoms with E-state index in [9.17, 15) is 29.7 Å². The molecule has 0 spiro atoms. The van der Waals surface area contributed by atoms with Crippen LogP contribution in [0.1, 0.15) is 30.7 Å².